The molecule has 0 bridgehead atoms. The summed E-state index contributed by atoms with van der Waals surface area (Å²) in [6.07, 6.45) is 2.14. The van der Waals surface area contributed by atoms with Crippen molar-refractivity contribution in [2.75, 3.05) is 51.2 Å². The molecular weight excluding hydrogens is 573 g/mol. The van der Waals surface area contributed by atoms with Gasteiger partial charge < -0.3 is 34.9 Å². The Balaban J connectivity index is 1.54. The van der Waals surface area contributed by atoms with Crippen molar-refractivity contribution in [2.24, 2.45) is 0 Å². The molecular formula is C27H31Cl2N7O5. The number of aromatic nitrogens is 3. The first-order chi connectivity index (χ1) is 19.7. The lowest BCUT2D eigenvalue weighted by Gasteiger charge is -2.28. The Bertz CT molecular complexity index is 1440. The molecule has 2 aliphatic heterocycles. The second-order valence-corrected chi connectivity index (χ2v) is 10.5. The molecule has 5 rings (SSSR count). The third kappa shape index (κ3) is 5.97. The fraction of sp³-hybridized carbons (Fsp3) is 0.407. The molecule has 0 saturated carbocycles. The molecule has 41 heavy (non-hydrogen) atoms. The van der Waals surface area contributed by atoms with Gasteiger partial charge in [0, 0.05) is 49.3 Å². The summed E-state index contributed by atoms with van der Waals surface area (Å²) in [5.41, 5.74) is 1.50. The van der Waals surface area contributed by atoms with Crippen LogP contribution in [0.3, 0.4) is 0 Å². The number of hydrogen-bond donors (Lipinski definition) is 4. The fourth-order valence-electron chi connectivity index (χ4n) is 4.79. The third-order valence-electron chi connectivity index (χ3n) is 7.06. The highest BCUT2D eigenvalue weighted by molar-refractivity contribution is 6.41. The number of nitrogens with one attached hydrogen (secondary N) is 3. The molecule has 14 heteroatoms. The van der Waals surface area contributed by atoms with Gasteiger partial charge in [-0.1, -0.05) is 29.8 Å². The Hall–Kier alpha value is -3.42. The van der Waals surface area contributed by atoms with Crippen molar-refractivity contribution in [2.45, 2.75) is 31.3 Å². The third-order valence-corrected chi connectivity index (χ3v) is 7.81. The smallest absolute Gasteiger partial charge is 0.223 e. The topological polar surface area (TPSA) is 143 Å². The minimum atomic E-state index is -0.925. The van der Waals surface area contributed by atoms with Crippen molar-refractivity contribution in [3.8, 4) is 22.8 Å². The molecule has 2 fully saturated rings. The molecule has 2 saturated heterocycles. The fourth-order valence-corrected chi connectivity index (χ4v) is 5.48. The van der Waals surface area contributed by atoms with Crippen molar-refractivity contribution >= 4 is 51.8 Å². The number of hydrogen-bond acceptors (Lipinski definition) is 11. The van der Waals surface area contributed by atoms with Gasteiger partial charge in [0.05, 0.1) is 55.3 Å². The average molecular weight is 604 g/mol. The van der Waals surface area contributed by atoms with Crippen LogP contribution in [0.1, 0.15) is 6.92 Å². The second kappa shape index (κ2) is 12.2. The molecule has 1 aromatic carbocycles. The van der Waals surface area contributed by atoms with Gasteiger partial charge >= 0.3 is 0 Å². The highest BCUT2D eigenvalue weighted by atomic mass is 35.5. The predicted octanol–water partition coefficient (Wildman–Crippen LogP) is 2.93. The van der Waals surface area contributed by atoms with Gasteiger partial charge in [0.1, 0.15) is 23.2 Å². The van der Waals surface area contributed by atoms with Crippen LogP contribution in [0.5, 0.6) is 11.5 Å². The highest BCUT2D eigenvalue weighted by Gasteiger charge is 2.35. The summed E-state index contributed by atoms with van der Waals surface area (Å²) in [7, 11) is 3.02. The number of carbonyl (C=O) groups excluding carboxylic acids is 1. The van der Waals surface area contributed by atoms with Gasteiger partial charge in [-0.2, -0.15) is 0 Å². The summed E-state index contributed by atoms with van der Waals surface area (Å²) < 4.78 is 16.2. The molecule has 2 aliphatic rings. The number of methoxy groups -OCH3 is 2. The van der Waals surface area contributed by atoms with E-state index in [0.717, 1.165) is 0 Å². The van der Waals surface area contributed by atoms with Gasteiger partial charge in [0.15, 0.2) is 5.82 Å². The molecule has 12 nitrogen and oxygen atoms in total. The minimum absolute atomic E-state index is 0.0473. The molecule has 3 atom stereocenters. The van der Waals surface area contributed by atoms with Crippen molar-refractivity contribution in [1.29, 1.82) is 0 Å². The molecule has 1 unspecified atom stereocenters. The van der Waals surface area contributed by atoms with Gasteiger partial charge in [-0.3, -0.25) is 10.1 Å². The Morgan fingerprint density at radius 3 is 2.41 bits per heavy atom. The maximum Gasteiger partial charge on any atom is 0.223 e. The second-order valence-electron chi connectivity index (χ2n) is 9.78. The quantitative estimate of drug-likeness (QED) is 0.200. The van der Waals surface area contributed by atoms with Crippen LogP contribution in [0.2, 0.25) is 10.0 Å². The molecule has 2 aromatic heterocycles. The number of amides is 1. The zero-order valence-corrected chi connectivity index (χ0v) is 24.3. The summed E-state index contributed by atoms with van der Waals surface area (Å²) in [5.74, 6) is 1.56. The van der Waals surface area contributed by atoms with Crippen LogP contribution in [-0.2, 0) is 9.53 Å². The Morgan fingerprint density at radius 1 is 1.15 bits per heavy atom. The normalized spacial score (nSPS) is 19.5. The van der Waals surface area contributed by atoms with E-state index in [-0.39, 0.29) is 24.0 Å². The van der Waals surface area contributed by atoms with Crippen LogP contribution in [0.25, 0.3) is 22.2 Å². The number of rotatable bonds is 10. The molecule has 0 aliphatic carbocycles. The summed E-state index contributed by atoms with van der Waals surface area (Å²) in [4.78, 5) is 28.0. The van der Waals surface area contributed by atoms with Crippen LogP contribution in [0.15, 0.2) is 31.0 Å². The van der Waals surface area contributed by atoms with Crippen molar-refractivity contribution in [3.05, 3.63) is 41.0 Å². The van der Waals surface area contributed by atoms with E-state index < -0.39 is 6.23 Å². The van der Waals surface area contributed by atoms with Crippen LogP contribution in [0, 0.1) is 0 Å². The van der Waals surface area contributed by atoms with Crippen LogP contribution in [-0.4, -0.2) is 95.7 Å². The summed E-state index contributed by atoms with van der Waals surface area (Å²) in [6.45, 7) is 7.00. The van der Waals surface area contributed by atoms with E-state index in [9.17, 15) is 9.90 Å². The number of aliphatic hydroxyl groups excluding tert-OH is 1. The van der Waals surface area contributed by atoms with Gasteiger partial charge in [0.2, 0.25) is 11.9 Å². The van der Waals surface area contributed by atoms with Crippen LogP contribution >= 0.6 is 23.2 Å². The van der Waals surface area contributed by atoms with E-state index >= 15 is 0 Å². The van der Waals surface area contributed by atoms with E-state index in [4.69, 9.17) is 47.4 Å². The summed E-state index contributed by atoms with van der Waals surface area (Å²) >= 11 is 13.4. The van der Waals surface area contributed by atoms with E-state index in [1.54, 1.807) is 23.2 Å². The number of ether oxygens (including phenoxy) is 3. The molecule has 4 heterocycles. The number of likely N-dealkylation sites (tertiary alicyclic amines) is 1. The van der Waals surface area contributed by atoms with Gasteiger partial charge in [-0.15, -0.1) is 0 Å². The zero-order valence-electron chi connectivity index (χ0n) is 22.8. The van der Waals surface area contributed by atoms with Crippen LogP contribution in [0.4, 0.5) is 11.8 Å². The lowest BCUT2D eigenvalue weighted by Crippen LogP contribution is -2.47. The molecule has 3 aromatic rings. The zero-order chi connectivity index (χ0) is 29.3. The number of halogens is 2. The van der Waals surface area contributed by atoms with Crippen LogP contribution < -0.4 is 25.4 Å². The molecule has 0 spiro atoms. The predicted molar refractivity (Wildman–Crippen MR) is 157 cm³/mol. The minimum Gasteiger partial charge on any atom is -0.495 e. The monoisotopic (exact) mass is 603 g/mol. The first-order valence-corrected chi connectivity index (χ1v) is 13.7. The molecule has 0 radical (unpaired) electrons. The van der Waals surface area contributed by atoms with E-state index in [1.807, 2.05) is 0 Å². The summed E-state index contributed by atoms with van der Waals surface area (Å²) in [6, 6.07) is 2.94. The number of pyridine rings is 1. The van der Waals surface area contributed by atoms with Gasteiger partial charge in [-0.05, 0) is 12.1 Å². The Morgan fingerprint density at radius 2 is 1.83 bits per heavy atom. The molecule has 1 amide bonds. The van der Waals surface area contributed by atoms with E-state index in [1.165, 1.54) is 27.2 Å². The lowest BCUT2D eigenvalue weighted by atomic mass is 10.1. The highest BCUT2D eigenvalue weighted by Crippen LogP contribution is 2.46. The molecule has 218 valence electrons. The average Bonchev–Trinajstić information content (AvgIpc) is 3.33. The number of anilines is 2. The van der Waals surface area contributed by atoms with Gasteiger partial charge in [-0.25, -0.2) is 15.0 Å². The molecule has 4 N–H and O–H groups in total. The van der Waals surface area contributed by atoms with E-state index in [2.05, 4.69) is 27.5 Å². The lowest BCUT2D eigenvalue weighted by molar-refractivity contribution is -0.127. The SMILES string of the molecule is C=CC(O)N[C@H]1CN(C(C)=O)C[C@H]1Nc1ncc2cc(-c3c(Cl)c(OC)cc(OC)c3Cl)nc(NC3COC3)c2n1. The van der Waals surface area contributed by atoms with Gasteiger partial charge in [0.25, 0.3) is 0 Å². The standard InChI is InChI=1S/C27H31Cl2N7O5/c1-5-21(38)32-17-9-36(13(2)37)10-18(17)34-27-30-8-14-6-16(33-26(25(14)35-27)31-15-11-41-12-15)22-23(28)19(39-3)7-20(40-4)24(22)29/h5-8,15,17-18,21,32,38H,1,9-12H2,2-4H3,(H,31,33)(H,30,34,35)/t17-,18+,21?/m0/s1. The Kier molecular flexibility index (Phi) is 8.66. The number of aliphatic hydroxyl groups is 1. The first kappa shape index (κ1) is 29.1. The van der Waals surface area contributed by atoms with Crippen molar-refractivity contribution < 1.29 is 24.1 Å². The number of fused-ring (bicyclic) bond motifs is 1. The maximum atomic E-state index is 12.1. The number of nitrogens with zero attached hydrogens (tertiary/aromatic N) is 4. The Labute approximate surface area is 247 Å². The summed E-state index contributed by atoms with van der Waals surface area (Å²) in [5, 5.41) is 21.1. The number of carbonyl (C=O) groups is 1. The maximum absolute atomic E-state index is 12.1. The first-order valence-electron chi connectivity index (χ1n) is 12.9. The van der Waals surface area contributed by atoms with E-state index in [0.29, 0.717) is 81.8 Å². The largest absolute Gasteiger partial charge is 0.495 e. The van der Waals surface area contributed by atoms with Crippen molar-refractivity contribution in [3.63, 3.8) is 0 Å². The van der Waals surface area contributed by atoms with Crippen molar-refractivity contribution in [1.82, 2.24) is 25.2 Å². The number of benzene rings is 1.